The van der Waals surface area contributed by atoms with E-state index in [9.17, 15) is 4.79 Å². The summed E-state index contributed by atoms with van der Waals surface area (Å²) in [5, 5.41) is 15.2. The van der Waals surface area contributed by atoms with E-state index < -0.39 is 0 Å². The first-order valence-electron chi connectivity index (χ1n) is 8.97. The minimum Gasteiger partial charge on any atom is -0.493 e. The number of nitrogens with one attached hydrogen (secondary N) is 2. The van der Waals surface area contributed by atoms with Crippen molar-refractivity contribution in [3.63, 3.8) is 0 Å². The minimum atomic E-state index is -0.347. The van der Waals surface area contributed by atoms with Crippen molar-refractivity contribution < 1.29 is 14.3 Å². The summed E-state index contributed by atoms with van der Waals surface area (Å²) in [6.45, 7) is 0. The number of amides is 2. The molecule has 0 bridgehead atoms. The van der Waals surface area contributed by atoms with Crippen molar-refractivity contribution in [1.29, 1.82) is 0 Å². The van der Waals surface area contributed by atoms with E-state index in [0.29, 0.717) is 28.2 Å². The number of methoxy groups -OCH3 is 1. The number of hydrogen-bond donors (Lipinski definition) is 2. The molecule has 0 spiro atoms. The SMILES string of the molecule is COc1ccc(NC(=O)Nc2nnc(C3CC3)s2)cc1OC1CCCC1. The molecule has 0 unspecified atom stereocenters. The highest BCUT2D eigenvalue weighted by atomic mass is 32.1. The first-order chi connectivity index (χ1) is 12.7. The third kappa shape index (κ3) is 4.07. The molecule has 2 aliphatic carbocycles. The normalized spacial score (nSPS) is 17.1. The van der Waals surface area contributed by atoms with Crippen molar-refractivity contribution in [2.45, 2.75) is 50.5 Å². The van der Waals surface area contributed by atoms with Crippen LogP contribution in [0.5, 0.6) is 11.5 Å². The van der Waals surface area contributed by atoms with Crippen molar-refractivity contribution in [3.05, 3.63) is 23.2 Å². The number of carbonyl (C=O) groups excluding carboxylic acids is 1. The molecule has 0 aliphatic heterocycles. The molecule has 1 aromatic heterocycles. The summed E-state index contributed by atoms with van der Waals surface area (Å²) < 4.78 is 11.4. The fourth-order valence-electron chi connectivity index (χ4n) is 3.07. The summed E-state index contributed by atoms with van der Waals surface area (Å²) in [7, 11) is 1.61. The van der Waals surface area contributed by atoms with Crippen molar-refractivity contribution >= 4 is 28.2 Å². The van der Waals surface area contributed by atoms with E-state index in [1.54, 1.807) is 25.3 Å². The van der Waals surface area contributed by atoms with Crippen LogP contribution in [0, 0.1) is 0 Å². The van der Waals surface area contributed by atoms with E-state index in [1.807, 2.05) is 0 Å². The quantitative estimate of drug-likeness (QED) is 0.783. The second-order valence-electron chi connectivity index (χ2n) is 6.69. The van der Waals surface area contributed by atoms with Crippen LogP contribution in [0.4, 0.5) is 15.6 Å². The molecule has 2 amide bonds. The number of urea groups is 1. The van der Waals surface area contributed by atoms with Crippen LogP contribution in [0.25, 0.3) is 0 Å². The standard InChI is InChI=1S/C18H22N4O3S/c1-24-14-9-8-12(10-15(14)25-13-4-2-3-5-13)19-17(23)20-18-22-21-16(26-18)11-6-7-11/h8-11,13H,2-7H2,1H3,(H2,19,20,22,23). The van der Waals surface area contributed by atoms with Gasteiger partial charge in [-0.1, -0.05) is 11.3 Å². The summed E-state index contributed by atoms with van der Waals surface area (Å²) in [4.78, 5) is 12.2. The van der Waals surface area contributed by atoms with Crippen molar-refractivity contribution in [2.24, 2.45) is 0 Å². The van der Waals surface area contributed by atoms with Crippen molar-refractivity contribution in [1.82, 2.24) is 10.2 Å². The van der Waals surface area contributed by atoms with E-state index >= 15 is 0 Å². The molecule has 26 heavy (non-hydrogen) atoms. The van der Waals surface area contributed by atoms with Gasteiger partial charge in [-0.05, 0) is 50.7 Å². The van der Waals surface area contributed by atoms with Gasteiger partial charge in [0.15, 0.2) is 11.5 Å². The number of benzene rings is 1. The summed E-state index contributed by atoms with van der Waals surface area (Å²) >= 11 is 1.43. The molecule has 2 aromatic rings. The lowest BCUT2D eigenvalue weighted by atomic mass is 10.2. The number of hydrogen-bond acceptors (Lipinski definition) is 6. The Kier molecular flexibility index (Phi) is 4.92. The third-order valence-corrected chi connectivity index (χ3v) is 5.61. The molecular formula is C18H22N4O3S. The average molecular weight is 374 g/mol. The van der Waals surface area contributed by atoms with Crippen LogP contribution < -0.4 is 20.1 Å². The molecule has 0 atom stereocenters. The summed E-state index contributed by atoms with van der Waals surface area (Å²) in [5.74, 6) is 1.85. The second-order valence-corrected chi connectivity index (χ2v) is 7.70. The molecule has 2 aliphatic rings. The lowest BCUT2D eigenvalue weighted by Crippen LogP contribution is -2.19. The molecule has 8 heteroatoms. The maximum Gasteiger partial charge on any atom is 0.325 e. The Morgan fingerprint density at radius 3 is 2.65 bits per heavy atom. The van der Waals surface area contributed by atoms with Gasteiger partial charge in [-0.25, -0.2) is 4.79 Å². The van der Waals surface area contributed by atoms with E-state index in [1.165, 1.54) is 24.2 Å². The van der Waals surface area contributed by atoms with Crippen LogP contribution in [0.2, 0.25) is 0 Å². The molecule has 1 heterocycles. The fourth-order valence-corrected chi connectivity index (χ4v) is 3.98. The molecule has 2 N–H and O–H groups in total. The van der Waals surface area contributed by atoms with E-state index in [2.05, 4.69) is 20.8 Å². The third-order valence-electron chi connectivity index (χ3n) is 4.61. The smallest absolute Gasteiger partial charge is 0.325 e. The van der Waals surface area contributed by atoms with Crippen LogP contribution in [0.1, 0.15) is 49.5 Å². The Bertz CT molecular complexity index is 784. The van der Waals surface area contributed by atoms with Gasteiger partial charge >= 0.3 is 6.03 Å². The van der Waals surface area contributed by atoms with Crippen LogP contribution >= 0.6 is 11.3 Å². The topological polar surface area (TPSA) is 85.4 Å². The highest BCUT2D eigenvalue weighted by Crippen LogP contribution is 2.42. The molecule has 1 aromatic carbocycles. The molecule has 0 saturated heterocycles. The van der Waals surface area contributed by atoms with Gasteiger partial charge in [0.05, 0.1) is 13.2 Å². The molecule has 2 fully saturated rings. The average Bonchev–Trinajstić information content (AvgIpc) is 3.15. The van der Waals surface area contributed by atoms with Gasteiger partial charge in [0.1, 0.15) is 5.01 Å². The van der Waals surface area contributed by atoms with Crippen LogP contribution in [-0.2, 0) is 0 Å². The summed E-state index contributed by atoms with van der Waals surface area (Å²) in [5.41, 5.74) is 0.642. The van der Waals surface area contributed by atoms with Gasteiger partial charge < -0.3 is 14.8 Å². The summed E-state index contributed by atoms with van der Waals surface area (Å²) in [6.07, 6.45) is 7.04. The Morgan fingerprint density at radius 2 is 1.92 bits per heavy atom. The van der Waals surface area contributed by atoms with Crippen LogP contribution in [0.15, 0.2) is 18.2 Å². The van der Waals surface area contributed by atoms with Gasteiger partial charge in [0.2, 0.25) is 5.13 Å². The molecular weight excluding hydrogens is 352 g/mol. The Hall–Kier alpha value is -2.35. The van der Waals surface area contributed by atoms with Crippen LogP contribution in [-0.4, -0.2) is 29.4 Å². The maximum atomic E-state index is 12.2. The predicted molar refractivity (Wildman–Crippen MR) is 100 cm³/mol. The highest BCUT2D eigenvalue weighted by molar-refractivity contribution is 7.15. The molecule has 2 saturated carbocycles. The van der Waals surface area contributed by atoms with Crippen molar-refractivity contribution in [3.8, 4) is 11.5 Å². The van der Waals surface area contributed by atoms with Gasteiger partial charge in [0.25, 0.3) is 0 Å². The molecule has 4 rings (SSSR count). The van der Waals surface area contributed by atoms with Crippen molar-refractivity contribution in [2.75, 3.05) is 17.7 Å². The van der Waals surface area contributed by atoms with Gasteiger partial charge in [0, 0.05) is 17.7 Å². The Labute approximate surface area is 156 Å². The zero-order valence-corrected chi connectivity index (χ0v) is 15.5. The first-order valence-corrected chi connectivity index (χ1v) is 9.79. The number of ether oxygens (including phenoxy) is 2. The number of rotatable bonds is 6. The fraction of sp³-hybridized carbons (Fsp3) is 0.500. The predicted octanol–water partition coefficient (Wildman–Crippen LogP) is 4.39. The minimum absolute atomic E-state index is 0.218. The Morgan fingerprint density at radius 1 is 1.12 bits per heavy atom. The summed E-state index contributed by atoms with van der Waals surface area (Å²) in [6, 6.07) is 5.04. The van der Waals surface area contributed by atoms with Gasteiger partial charge in [-0.15, -0.1) is 10.2 Å². The van der Waals surface area contributed by atoms with Gasteiger partial charge in [-0.2, -0.15) is 0 Å². The van der Waals surface area contributed by atoms with Crippen LogP contribution in [0.3, 0.4) is 0 Å². The largest absolute Gasteiger partial charge is 0.493 e. The maximum absolute atomic E-state index is 12.2. The number of anilines is 2. The zero-order chi connectivity index (χ0) is 17.9. The van der Waals surface area contributed by atoms with Gasteiger partial charge in [-0.3, -0.25) is 5.32 Å². The number of carbonyl (C=O) groups is 1. The zero-order valence-electron chi connectivity index (χ0n) is 14.7. The number of nitrogens with zero attached hydrogens (tertiary/aromatic N) is 2. The lowest BCUT2D eigenvalue weighted by Gasteiger charge is -2.17. The van der Waals surface area contributed by atoms with E-state index in [0.717, 1.165) is 30.7 Å². The van der Waals surface area contributed by atoms with E-state index in [-0.39, 0.29) is 12.1 Å². The van der Waals surface area contributed by atoms with E-state index in [4.69, 9.17) is 9.47 Å². The first kappa shape index (κ1) is 17.1. The molecule has 138 valence electrons. The molecule has 7 nitrogen and oxygen atoms in total. The monoisotopic (exact) mass is 374 g/mol. The lowest BCUT2D eigenvalue weighted by molar-refractivity contribution is 0.201. The Balaban J connectivity index is 1.40. The number of aromatic nitrogens is 2. The molecule has 0 radical (unpaired) electrons. The highest BCUT2D eigenvalue weighted by Gasteiger charge is 2.27. The second kappa shape index (κ2) is 7.49.